The summed E-state index contributed by atoms with van der Waals surface area (Å²) in [6, 6.07) is 3.10. The summed E-state index contributed by atoms with van der Waals surface area (Å²) in [5, 5.41) is 6.09. The van der Waals surface area contributed by atoms with Crippen molar-refractivity contribution in [1.29, 1.82) is 0 Å². The van der Waals surface area contributed by atoms with Gasteiger partial charge in [-0.1, -0.05) is 6.42 Å². The van der Waals surface area contributed by atoms with Crippen molar-refractivity contribution in [2.45, 2.75) is 38.3 Å². The van der Waals surface area contributed by atoms with Crippen molar-refractivity contribution in [3.8, 4) is 0 Å². The number of halogens is 2. The molecule has 1 fully saturated rings. The number of benzene rings is 1. The van der Waals surface area contributed by atoms with Crippen LogP contribution in [0.15, 0.2) is 18.2 Å². The third kappa shape index (κ3) is 3.50. The van der Waals surface area contributed by atoms with Crippen molar-refractivity contribution in [2.75, 3.05) is 6.54 Å². The van der Waals surface area contributed by atoms with Crippen LogP contribution in [0, 0.1) is 11.6 Å². The highest BCUT2D eigenvalue weighted by Gasteiger charge is 2.22. The van der Waals surface area contributed by atoms with E-state index in [0.29, 0.717) is 0 Å². The lowest BCUT2D eigenvalue weighted by atomic mass is 9.99. The Balaban J connectivity index is 1.99. The van der Waals surface area contributed by atoms with Crippen molar-refractivity contribution in [1.82, 2.24) is 10.6 Å². The molecule has 0 aromatic heterocycles. The molecular weight excluding hydrogens is 250 g/mol. The Morgan fingerprint density at radius 1 is 1.42 bits per heavy atom. The van der Waals surface area contributed by atoms with Gasteiger partial charge in [-0.3, -0.25) is 4.79 Å². The molecule has 0 radical (unpaired) electrons. The van der Waals surface area contributed by atoms with Crippen molar-refractivity contribution in [3.63, 3.8) is 0 Å². The second-order valence-electron chi connectivity index (χ2n) is 4.94. The van der Waals surface area contributed by atoms with Gasteiger partial charge in [0.1, 0.15) is 11.6 Å². The maximum Gasteiger partial charge on any atom is 0.254 e. The molecule has 1 saturated heterocycles. The predicted octanol–water partition coefficient (Wildman–Crippen LogP) is 2.23. The van der Waals surface area contributed by atoms with Crippen LogP contribution in [0.25, 0.3) is 0 Å². The van der Waals surface area contributed by atoms with Crippen LogP contribution >= 0.6 is 0 Å². The molecule has 0 aliphatic carbocycles. The first kappa shape index (κ1) is 13.9. The van der Waals surface area contributed by atoms with E-state index in [1.165, 1.54) is 6.07 Å². The highest BCUT2D eigenvalue weighted by atomic mass is 19.1. The Bertz CT molecular complexity index is 459. The summed E-state index contributed by atoms with van der Waals surface area (Å²) >= 11 is 0. The predicted molar refractivity (Wildman–Crippen MR) is 68.9 cm³/mol. The van der Waals surface area contributed by atoms with E-state index in [9.17, 15) is 13.6 Å². The van der Waals surface area contributed by atoms with E-state index >= 15 is 0 Å². The Labute approximate surface area is 111 Å². The van der Waals surface area contributed by atoms with Crippen LogP contribution in [0.2, 0.25) is 0 Å². The molecular formula is C14H18F2N2O. The number of carbonyl (C=O) groups is 1. The molecule has 0 saturated carbocycles. The zero-order chi connectivity index (χ0) is 13.8. The minimum atomic E-state index is -0.832. The molecule has 1 amide bonds. The molecule has 1 aliphatic rings. The molecule has 5 heteroatoms. The van der Waals surface area contributed by atoms with Crippen molar-refractivity contribution in [2.24, 2.45) is 0 Å². The van der Waals surface area contributed by atoms with Crippen LogP contribution in [-0.2, 0) is 0 Å². The van der Waals surface area contributed by atoms with Crippen LogP contribution in [0.5, 0.6) is 0 Å². The summed E-state index contributed by atoms with van der Waals surface area (Å²) in [5.41, 5.74) is -0.121. The monoisotopic (exact) mass is 268 g/mol. The SMILES string of the molecule is CC(NC(=O)c1ccc(F)cc1F)C1CCCCN1. The van der Waals surface area contributed by atoms with Crippen molar-refractivity contribution < 1.29 is 13.6 Å². The smallest absolute Gasteiger partial charge is 0.254 e. The standard InChI is InChI=1S/C14H18F2N2O/c1-9(13-4-2-3-7-17-13)18-14(19)11-6-5-10(15)8-12(11)16/h5-6,8-9,13,17H,2-4,7H2,1H3,(H,18,19). The van der Waals surface area contributed by atoms with Crippen molar-refractivity contribution in [3.05, 3.63) is 35.4 Å². The maximum atomic E-state index is 13.5. The molecule has 0 bridgehead atoms. The number of carbonyl (C=O) groups excluding carboxylic acids is 1. The lowest BCUT2D eigenvalue weighted by Gasteiger charge is -2.29. The van der Waals surface area contributed by atoms with Gasteiger partial charge in [-0.2, -0.15) is 0 Å². The lowest BCUT2D eigenvalue weighted by Crippen LogP contribution is -2.50. The number of nitrogens with one attached hydrogen (secondary N) is 2. The number of hydrogen-bond acceptors (Lipinski definition) is 2. The Morgan fingerprint density at radius 2 is 2.21 bits per heavy atom. The van der Waals surface area contributed by atoms with E-state index in [1.54, 1.807) is 0 Å². The van der Waals surface area contributed by atoms with Crippen LogP contribution < -0.4 is 10.6 Å². The quantitative estimate of drug-likeness (QED) is 0.882. The molecule has 2 atom stereocenters. The van der Waals surface area contributed by atoms with Gasteiger partial charge in [-0.15, -0.1) is 0 Å². The summed E-state index contributed by atoms with van der Waals surface area (Å²) in [6.45, 7) is 2.83. The van der Waals surface area contributed by atoms with Gasteiger partial charge in [-0.25, -0.2) is 8.78 Å². The number of hydrogen-bond donors (Lipinski definition) is 2. The third-order valence-electron chi connectivity index (χ3n) is 3.49. The van der Waals surface area contributed by atoms with Gasteiger partial charge in [0.25, 0.3) is 5.91 Å². The van der Waals surface area contributed by atoms with Gasteiger partial charge in [0.2, 0.25) is 0 Å². The Morgan fingerprint density at radius 3 is 2.84 bits per heavy atom. The van der Waals surface area contributed by atoms with Crippen LogP contribution in [0.1, 0.15) is 36.5 Å². The fourth-order valence-corrected chi connectivity index (χ4v) is 2.36. The molecule has 1 aliphatic heterocycles. The van der Waals surface area contributed by atoms with Gasteiger partial charge < -0.3 is 10.6 Å². The van der Waals surface area contributed by atoms with E-state index in [2.05, 4.69) is 10.6 Å². The minimum absolute atomic E-state index is 0.0859. The van der Waals surface area contributed by atoms with Gasteiger partial charge >= 0.3 is 0 Å². The first-order valence-electron chi connectivity index (χ1n) is 6.57. The molecule has 2 unspecified atom stereocenters. The topological polar surface area (TPSA) is 41.1 Å². The van der Waals surface area contributed by atoms with Gasteiger partial charge in [0, 0.05) is 18.2 Å². The molecule has 2 rings (SSSR count). The summed E-state index contributed by atoms with van der Waals surface area (Å²) in [6.07, 6.45) is 3.26. The fraction of sp³-hybridized carbons (Fsp3) is 0.500. The average Bonchev–Trinajstić information content (AvgIpc) is 2.39. The molecule has 1 aromatic carbocycles. The number of amides is 1. The van der Waals surface area contributed by atoms with E-state index in [-0.39, 0.29) is 17.6 Å². The second kappa shape index (κ2) is 6.10. The number of piperidine rings is 1. The molecule has 19 heavy (non-hydrogen) atoms. The third-order valence-corrected chi connectivity index (χ3v) is 3.49. The summed E-state index contributed by atoms with van der Waals surface area (Å²) < 4.78 is 26.3. The molecule has 2 N–H and O–H groups in total. The Hall–Kier alpha value is -1.49. The zero-order valence-electron chi connectivity index (χ0n) is 10.9. The van der Waals surface area contributed by atoms with E-state index in [1.807, 2.05) is 6.92 Å². The molecule has 1 heterocycles. The van der Waals surface area contributed by atoms with E-state index in [0.717, 1.165) is 37.9 Å². The summed E-state index contributed by atoms with van der Waals surface area (Å²) in [4.78, 5) is 11.9. The molecule has 1 aromatic rings. The normalized spacial score (nSPS) is 20.9. The van der Waals surface area contributed by atoms with Crippen LogP contribution in [0.3, 0.4) is 0 Å². The summed E-state index contributed by atoms with van der Waals surface area (Å²) in [7, 11) is 0. The highest BCUT2D eigenvalue weighted by molar-refractivity contribution is 5.94. The first-order chi connectivity index (χ1) is 9.08. The van der Waals surface area contributed by atoms with E-state index < -0.39 is 17.5 Å². The Kier molecular flexibility index (Phi) is 4.47. The zero-order valence-corrected chi connectivity index (χ0v) is 10.9. The highest BCUT2D eigenvalue weighted by Crippen LogP contribution is 2.13. The van der Waals surface area contributed by atoms with Crippen LogP contribution in [0.4, 0.5) is 8.78 Å². The lowest BCUT2D eigenvalue weighted by molar-refractivity contribution is 0.0924. The van der Waals surface area contributed by atoms with Crippen LogP contribution in [-0.4, -0.2) is 24.5 Å². The molecule has 0 spiro atoms. The van der Waals surface area contributed by atoms with Crippen molar-refractivity contribution >= 4 is 5.91 Å². The summed E-state index contributed by atoms with van der Waals surface area (Å²) in [5.74, 6) is -2.02. The molecule has 3 nitrogen and oxygen atoms in total. The first-order valence-corrected chi connectivity index (χ1v) is 6.57. The van der Waals surface area contributed by atoms with Gasteiger partial charge in [0.15, 0.2) is 0 Å². The second-order valence-corrected chi connectivity index (χ2v) is 4.94. The molecule has 104 valence electrons. The fourth-order valence-electron chi connectivity index (χ4n) is 2.36. The van der Waals surface area contributed by atoms with Gasteiger partial charge in [0.05, 0.1) is 5.56 Å². The maximum absolute atomic E-state index is 13.5. The minimum Gasteiger partial charge on any atom is -0.348 e. The number of rotatable bonds is 3. The largest absolute Gasteiger partial charge is 0.348 e. The van der Waals surface area contributed by atoms with Gasteiger partial charge in [-0.05, 0) is 38.4 Å². The average molecular weight is 268 g/mol. The van der Waals surface area contributed by atoms with E-state index in [4.69, 9.17) is 0 Å².